The lowest BCUT2D eigenvalue weighted by molar-refractivity contribution is 0.102. The van der Waals surface area contributed by atoms with Gasteiger partial charge >= 0.3 is 0 Å². The molecule has 138 valence electrons. The van der Waals surface area contributed by atoms with E-state index in [1.807, 2.05) is 43.3 Å². The predicted octanol–water partition coefficient (Wildman–Crippen LogP) is 4.17. The number of amides is 1. The van der Waals surface area contributed by atoms with Crippen LogP contribution in [0.2, 0.25) is 0 Å². The summed E-state index contributed by atoms with van der Waals surface area (Å²) in [7, 11) is 0. The zero-order chi connectivity index (χ0) is 19.2. The van der Waals surface area contributed by atoms with Gasteiger partial charge in [0.15, 0.2) is 0 Å². The number of nitrogens with zero attached hydrogens (tertiary/aromatic N) is 3. The highest BCUT2D eigenvalue weighted by atomic mass is 16.1. The van der Waals surface area contributed by atoms with E-state index in [2.05, 4.69) is 39.4 Å². The Labute approximate surface area is 159 Å². The van der Waals surface area contributed by atoms with E-state index in [0.29, 0.717) is 24.1 Å². The second-order valence-electron chi connectivity index (χ2n) is 6.66. The van der Waals surface area contributed by atoms with Crippen LogP contribution in [0.1, 0.15) is 47.1 Å². The zero-order valence-electron chi connectivity index (χ0n) is 15.7. The summed E-state index contributed by atoms with van der Waals surface area (Å²) >= 11 is 0. The smallest absolute Gasteiger partial charge is 0.274 e. The highest BCUT2D eigenvalue weighted by molar-refractivity contribution is 6.03. The maximum Gasteiger partial charge on any atom is 0.274 e. The first-order valence-corrected chi connectivity index (χ1v) is 8.91. The summed E-state index contributed by atoms with van der Waals surface area (Å²) in [6.45, 7) is 6.67. The number of pyridine rings is 1. The lowest BCUT2D eigenvalue weighted by Gasteiger charge is -2.10. The van der Waals surface area contributed by atoms with E-state index in [1.54, 1.807) is 18.5 Å². The Morgan fingerprint density at radius 1 is 1.04 bits per heavy atom. The van der Waals surface area contributed by atoms with Crippen LogP contribution in [0.5, 0.6) is 0 Å². The first-order chi connectivity index (χ1) is 13.0. The maximum atomic E-state index is 12.6. The number of carbonyl (C=O) groups excluding carboxylic acids is 1. The summed E-state index contributed by atoms with van der Waals surface area (Å²) in [5.41, 5.74) is 4.09. The van der Waals surface area contributed by atoms with Crippen molar-refractivity contribution < 1.29 is 4.79 Å². The van der Waals surface area contributed by atoms with Gasteiger partial charge in [-0.1, -0.05) is 26.0 Å². The molecule has 0 aliphatic heterocycles. The summed E-state index contributed by atoms with van der Waals surface area (Å²) in [5.74, 6) is 0.616. The van der Waals surface area contributed by atoms with Gasteiger partial charge in [-0.3, -0.25) is 9.78 Å². The van der Waals surface area contributed by atoms with Crippen LogP contribution in [0.4, 0.5) is 11.6 Å². The molecule has 6 nitrogen and oxygen atoms in total. The molecule has 0 aliphatic rings. The largest absolute Gasteiger partial charge is 0.350 e. The van der Waals surface area contributed by atoms with E-state index in [0.717, 1.165) is 16.9 Å². The first-order valence-electron chi connectivity index (χ1n) is 8.91. The summed E-state index contributed by atoms with van der Waals surface area (Å²) in [6, 6.07) is 13.4. The van der Waals surface area contributed by atoms with Gasteiger partial charge in [0.25, 0.3) is 5.91 Å². The average molecular weight is 361 g/mol. The van der Waals surface area contributed by atoms with Gasteiger partial charge < -0.3 is 10.6 Å². The second-order valence-corrected chi connectivity index (χ2v) is 6.66. The standard InChI is InChI=1S/C21H23N5O/c1-14(2)17-4-6-18(7-5-17)25-20(27)19-12-15(3)24-21(26-19)23-13-16-8-10-22-11-9-16/h4-12,14H,13H2,1-3H3,(H,25,27)(H,23,24,26). The molecule has 2 N–H and O–H groups in total. The molecule has 0 atom stereocenters. The molecule has 0 saturated heterocycles. The first kappa shape index (κ1) is 18.5. The van der Waals surface area contributed by atoms with Crippen molar-refractivity contribution in [3.8, 4) is 0 Å². The predicted molar refractivity (Wildman–Crippen MR) is 107 cm³/mol. The monoisotopic (exact) mass is 361 g/mol. The van der Waals surface area contributed by atoms with Crippen LogP contribution in [0.3, 0.4) is 0 Å². The SMILES string of the molecule is Cc1cc(C(=O)Nc2ccc(C(C)C)cc2)nc(NCc2ccncc2)n1. The Morgan fingerprint density at radius 2 is 1.74 bits per heavy atom. The Hall–Kier alpha value is -3.28. The summed E-state index contributed by atoms with van der Waals surface area (Å²) in [6.07, 6.45) is 3.47. The molecule has 0 spiro atoms. The van der Waals surface area contributed by atoms with Crippen molar-refractivity contribution in [2.45, 2.75) is 33.2 Å². The highest BCUT2D eigenvalue weighted by Crippen LogP contribution is 2.18. The lowest BCUT2D eigenvalue weighted by Crippen LogP contribution is -2.16. The van der Waals surface area contributed by atoms with Gasteiger partial charge in [0.05, 0.1) is 0 Å². The van der Waals surface area contributed by atoms with Crippen LogP contribution in [-0.2, 0) is 6.54 Å². The quantitative estimate of drug-likeness (QED) is 0.689. The average Bonchev–Trinajstić information content (AvgIpc) is 2.67. The van der Waals surface area contributed by atoms with E-state index in [9.17, 15) is 4.79 Å². The minimum atomic E-state index is -0.259. The molecule has 0 fully saturated rings. The number of carbonyl (C=O) groups is 1. The van der Waals surface area contributed by atoms with Crippen LogP contribution in [0, 0.1) is 6.92 Å². The molecule has 0 saturated carbocycles. The van der Waals surface area contributed by atoms with Crippen molar-refractivity contribution in [1.29, 1.82) is 0 Å². The van der Waals surface area contributed by atoms with Gasteiger partial charge in [0, 0.05) is 30.3 Å². The van der Waals surface area contributed by atoms with Crippen molar-refractivity contribution in [3.05, 3.63) is 77.4 Å². The van der Waals surface area contributed by atoms with E-state index >= 15 is 0 Å². The molecule has 0 unspecified atom stereocenters. The summed E-state index contributed by atoms with van der Waals surface area (Å²) in [4.78, 5) is 25.3. The van der Waals surface area contributed by atoms with Crippen molar-refractivity contribution >= 4 is 17.5 Å². The number of aromatic nitrogens is 3. The number of anilines is 2. The maximum absolute atomic E-state index is 12.6. The third-order valence-electron chi connectivity index (χ3n) is 4.12. The second kappa shape index (κ2) is 8.40. The number of aryl methyl sites for hydroxylation is 1. The van der Waals surface area contributed by atoms with Crippen molar-refractivity contribution in [2.75, 3.05) is 10.6 Å². The number of rotatable bonds is 6. The van der Waals surface area contributed by atoms with Gasteiger partial charge in [0.2, 0.25) is 5.95 Å². The molecule has 2 aromatic heterocycles. The highest BCUT2D eigenvalue weighted by Gasteiger charge is 2.11. The number of hydrogen-bond acceptors (Lipinski definition) is 5. The molecule has 1 amide bonds. The minimum absolute atomic E-state index is 0.259. The van der Waals surface area contributed by atoms with E-state index in [4.69, 9.17) is 0 Å². The van der Waals surface area contributed by atoms with Crippen LogP contribution in [-0.4, -0.2) is 20.9 Å². The Bertz CT molecular complexity index is 908. The van der Waals surface area contributed by atoms with Crippen molar-refractivity contribution in [3.63, 3.8) is 0 Å². The van der Waals surface area contributed by atoms with Crippen LogP contribution in [0.25, 0.3) is 0 Å². The number of benzene rings is 1. The Kier molecular flexibility index (Phi) is 5.76. The summed E-state index contributed by atoms with van der Waals surface area (Å²) in [5, 5.41) is 6.04. The van der Waals surface area contributed by atoms with Gasteiger partial charge in [-0.05, 0) is 54.3 Å². The normalized spacial score (nSPS) is 10.7. The van der Waals surface area contributed by atoms with Crippen LogP contribution >= 0.6 is 0 Å². The Balaban J connectivity index is 1.69. The van der Waals surface area contributed by atoms with Crippen LogP contribution in [0.15, 0.2) is 54.9 Å². The fourth-order valence-corrected chi connectivity index (χ4v) is 2.59. The number of hydrogen-bond donors (Lipinski definition) is 2. The molecule has 27 heavy (non-hydrogen) atoms. The van der Waals surface area contributed by atoms with Gasteiger partial charge in [-0.25, -0.2) is 9.97 Å². The van der Waals surface area contributed by atoms with E-state index in [-0.39, 0.29) is 5.91 Å². The van der Waals surface area contributed by atoms with Gasteiger partial charge in [-0.2, -0.15) is 0 Å². The fraction of sp³-hybridized carbons (Fsp3) is 0.238. The van der Waals surface area contributed by atoms with Crippen LogP contribution < -0.4 is 10.6 Å². The molecule has 1 aromatic carbocycles. The molecule has 0 radical (unpaired) electrons. The molecule has 2 heterocycles. The molecule has 0 aliphatic carbocycles. The van der Waals surface area contributed by atoms with Crippen molar-refractivity contribution in [2.24, 2.45) is 0 Å². The zero-order valence-corrected chi connectivity index (χ0v) is 15.7. The molecule has 3 aromatic rings. The minimum Gasteiger partial charge on any atom is -0.350 e. The van der Waals surface area contributed by atoms with Gasteiger partial charge in [0.1, 0.15) is 5.69 Å². The molecule has 6 heteroatoms. The molecular weight excluding hydrogens is 338 g/mol. The molecule has 3 rings (SSSR count). The number of nitrogens with one attached hydrogen (secondary N) is 2. The van der Waals surface area contributed by atoms with Gasteiger partial charge in [-0.15, -0.1) is 0 Å². The topological polar surface area (TPSA) is 79.8 Å². The van der Waals surface area contributed by atoms with Crippen molar-refractivity contribution in [1.82, 2.24) is 15.0 Å². The summed E-state index contributed by atoms with van der Waals surface area (Å²) < 4.78 is 0. The third kappa shape index (κ3) is 5.10. The third-order valence-corrected chi connectivity index (χ3v) is 4.12. The molecular formula is C21H23N5O. The fourth-order valence-electron chi connectivity index (χ4n) is 2.59. The Morgan fingerprint density at radius 3 is 2.41 bits per heavy atom. The van der Waals surface area contributed by atoms with E-state index < -0.39 is 0 Å². The molecule has 0 bridgehead atoms. The lowest BCUT2D eigenvalue weighted by atomic mass is 10.0. The van der Waals surface area contributed by atoms with E-state index in [1.165, 1.54) is 5.56 Å².